The van der Waals surface area contributed by atoms with Gasteiger partial charge in [0.05, 0.1) is 0 Å². The summed E-state index contributed by atoms with van der Waals surface area (Å²) in [6, 6.07) is 9.10. The van der Waals surface area contributed by atoms with Crippen LogP contribution in [-0.2, 0) is 0 Å². The summed E-state index contributed by atoms with van der Waals surface area (Å²) in [6.07, 6.45) is 0.833. The molecule has 0 spiro atoms. The molecule has 1 aromatic rings. The first-order chi connectivity index (χ1) is 4.93. The van der Waals surface area contributed by atoms with Gasteiger partial charge in [0.2, 0.25) is 0 Å². The van der Waals surface area contributed by atoms with Gasteiger partial charge in [-0.2, -0.15) is 0 Å². The normalized spacial score (nSPS) is 7.40. The third kappa shape index (κ3) is 2.96. The molecule has 0 aromatic heterocycles. The largest absolute Gasteiger partial charge is 0.298 e. The number of carbonyl (C=O) groups is 1. The first-order valence-corrected chi connectivity index (χ1v) is 2.64. The second kappa shape index (κ2) is 5.94. The number of rotatable bonds is 1. The van der Waals surface area contributed by atoms with Crippen LogP contribution in [0.2, 0.25) is 0 Å². The maximum absolute atomic E-state index is 10.0. The molecule has 1 aromatic carbocycles. The van der Waals surface area contributed by atoms with Crippen molar-refractivity contribution in [3.8, 4) is 0 Å². The fourth-order valence-corrected chi connectivity index (χ4v) is 0.532. The molecule has 10 heavy (non-hydrogen) atoms. The molecule has 3 nitrogen and oxygen atoms in total. The molecular formula is C7H8O3. The first-order valence-electron chi connectivity index (χ1n) is 2.64. The van der Waals surface area contributed by atoms with Crippen molar-refractivity contribution in [3.63, 3.8) is 0 Å². The van der Waals surface area contributed by atoms with Gasteiger partial charge in [-0.1, -0.05) is 30.3 Å². The highest BCUT2D eigenvalue weighted by Crippen LogP contribution is 1.91. The zero-order chi connectivity index (χ0) is 7.82. The lowest BCUT2D eigenvalue weighted by molar-refractivity contribution is -0.176. The number of hydrogen-bond acceptors (Lipinski definition) is 3. The van der Waals surface area contributed by atoms with E-state index in [1.165, 1.54) is 0 Å². The summed E-state index contributed by atoms with van der Waals surface area (Å²) >= 11 is 0. The van der Waals surface area contributed by atoms with Gasteiger partial charge in [-0.25, -0.2) is 0 Å². The van der Waals surface area contributed by atoms with Crippen molar-refractivity contribution in [2.24, 2.45) is 0 Å². The predicted octanol–water partition coefficient (Wildman–Crippen LogP) is 1.52. The fraction of sp³-hybridized carbons (Fsp3) is 0. The second-order valence-electron chi connectivity index (χ2n) is 1.53. The van der Waals surface area contributed by atoms with Gasteiger partial charge in [0, 0.05) is 5.56 Å². The lowest BCUT2D eigenvalue weighted by Crippen LogP contribution is -1.73. The molecule has 0 heterocycles. The molecule has 0 aliphatic heterocycles. The Hall–Kier alpha value is -1.19. The van der Waals surface area contributed by atoms with Crippen LogP contribution in [0.1, 0.15) is 10.4 Å². The van der Waals surface area contributed by atoms with Crippen molar-refractivity contribution in [2.45, 2.75) is 0 Å². The Morgan fingerprint density at radius 2 is 1.60 bits per heavy atom. The second-order valence-corrected chi connectivity index (χ2v) is 1.53. The molecule has 0 unspecified atom stereocenters. The zero-order valence-corrected chi connectivity index (χ0v) is 5.27. The van der Waals surface area contributed by atoms with Gasteiger partial charge in [0.15, 0.2) is 0 Å². The summed E-state index contributed by atoms with van der Waals surface area (Å²) in [6.45, 7) is 0. The molecule has 0 aliphatic rings. The minimum Gasteiger partial charge on any atom is -0.298 e. The number of carbonyl (C=O) groups excluding carboxylic acids is 1. The van der Waals surface area contributed by atoms with Gasteiger partial charge in [0.1, 0.15) is 6.29 Å². The molecule has 3 heteroatoms. The van der Waals surface area contributed by atoms with Crippen LogP contribution in [0, 0.1) is 0 Å². The Morgan fingerprint density at radius 1 is 1.10 bits per heavy atom. The van der Waals surface area contributed by atoms with Crippen LogP contribution in [-0.4, -0.2) is 16.8 Å². The summed E-state index contributed by atoms with van der Waals surface area (Å²) in [5, 5.41) is 12.0. The maximum Gasteiger partial charge on any atom is 0.150 e. The van der Waals surface area contributed by atoms with Crippen LogP contribution in [0.3, 0.4) is 0 Å². The molecule has 2 N–H and O–H groups in total. The third-order valence-electron chi connectivity index (χ3n) is 0.936. The molecule has 0 aliphatic carbocycles. The van der Waals surface area contributed by atoms with Crippen LogP contribution in [0.15, 0.2) is 30.3 Å². The average molecular weight is 140 g/mol. The lowest BCUT2D eigenvalue weighted by atomic mass is 10.2. The van der Waals surface area contributed by atoms with Gasteiger partial charge < -0.3 is 0 Å². The Balaban J connectivity index is 0.000000371. The van der Waals surface area contributed by atoms with Crippen molar-refractivity contribution in [1.82, 2.24) is 0 Å². The van der Waals surface area contributed by atoms with Crippen LogP contribution in [0.25, 0.3) is 0 Å². The van der Waals surface area contributed by atoms with E-state index in [0.717, 1.165) is 11.8 Å². The van der Waals surface area contributed by atoms with E-state index in [-0.39, 0.29) is 0 Å². The van der Waals surface area contributed by atoms with Crippen molar-refractivity contribution in [1.29, 1.82) is 0 Å². The summed E-state index contributed by atoms with van der Waals surface area (Å²) < 4.78 is 0. The Kier molecular flexibility index (Phi) is 5.23. The van der Waals surface area contributed by atoms with E-state index in [0.29, 0.717) is 0 Å². The van der Waals surface area contributed by atoms with Crippen molar-refractivity contribution in [2.75, 3.05) is 0 Å². The van der Waals surface area contributed by atoms with E-state index in [1.807, 2.05) is 18.2 Å². The number of hydrogen-bond donors (Lipinski definition) is 2. The Morgan fingerprint density at radius 3 is 1.90 bits per heavy atom. The van der Waals surface area contributed by atoms with Crippen molar-refractivity contribution < 1.29 is 15.3 Å². The van der Waals surface area contributed by atoms with Gasteiger partial charge in [-0.05, 0) is 0 Å². The molecule has 0 bridgehead atoms. The zero-order valence-electron chi connectivity index (χ0n) is 5.27. The molecule has 0 saturated carbocycles. The summed E-state index contributed by atoms with van der Waals surface area (Å²) in [4.78, 5) is 10.0. The fourth-order valence-electron chi connectivity index (χ4n) is 0.532. The lowest BCUT2D eigenvalue weighted by Gasteiger charge is -1.81. The quantitative estimate of drug-likeness (QED) is 0.353. The van der Waals surface area contributed by atoms with Gasteiger partial charge in [-0.3, -0.25) is 15.3 Å². The molecule has 1 rings (SSSR count). The molecule has 0 radical (unpaired) electrons. The molecular weight excluding hydrogens is 132 g/mol. The van der Waals surface area contributed by atoms with E-state index in [2.05, 4.69) is 0 Å². The van der Waals surface area contributed by atoms with Crippen LogP contribution >= 0.6 is 0 Å². The highest BCUT2D eigenvalue weighted by atomic mass is 17.0. The smallest absolute Gasteiger partial charge is 0.150 e. The molecule has 0 amide bonds. The Labute approximate surface area is 58.5 Å². The van der Waals surface area contributed by atoms with Gasteiger partial charge in [0.25, 0.3) is 0 Å². The van der Waals surface area contributed by atoms with Crippen molar-refractivity contribution >= 4 is 6.29 Å². The molecule has 0 saturated heterocycles. The van der Waals surface area contributed by atoms with Gasteiger partial charge >= 0.3 is 0 Å². The van der Waals surface area contributed by atoms with E-state index in [1.54, 1.807) is 12.1 Å². The van der Waals surface area contributed by atoms with Gasteiger partial charge in [-0.15, -0.1) is 0 Å². The van der Waals surface area contributed by atoms with E-state index in [4.69, 9.17) is 10.5 Å². The summed E-state index contributed by atoms with van der Waals surface area (Å²) in [5.41, 5.74) is 0.729. The number of aldehydes is 1. The van der Waals surface area contributed by atoms with Crippen LogP contribution in [0.5, 0.6) is 0 Å². The first kappa shape index (κ1) is 8.81. The molecule has 0 fully saturated rings. The highest BCUT2D eigenvalue weighted by molar-refractivity contribution is 5.74. The average Bonchev–Trinajstić information content (AvgIpc) is 2.10. The minimum absolute atomic E-state index is 0.729. The monoisotopic (exact) mass is 140 g/mol. The van der Waals surface area contributed by atoms with Crippen LogP contribution in [0.4, 0.5) is 0 Å². The van der Waals surface area contributed by atoms with E-state index < -0.39 is 0 Å². The summed E-state index contributed by atoms with van der Waals surface area (Å²) in [5.74, 6) is 0. The third-order valence-corrected chi connectivity index (χ3v) is 0.936. The van der Waals surface area contributed by atoms with E-state index in [9.17, 15) is 4.79 Å². The standard InChI is InChI=1S/C7H6O.H2O2/c8-6-7-4-2-1-3-5-7;1-2/h1-6H;1-2H. The predicted molar refractivity (Wildman–Crippen MR) is 37.1 cm³/mol. The van der Waals surface area contributed by atoms with Crippen molar-refractivity contribution in [3.05, 3.63) is 35.9 Å². The van der Waals surface area contributed by atoms with Crippen LogP contribution < -0.4 is 0 Å². The SMILES string of the molecule is O=Cc1ccccc1.OO. The molecule has 0 atom stereocenters. The summed E-state index contributed by atoms with van der Waals surface area (Å²) in [7, 11) is 0. The Bertz CT molecular complexity index is 171. The minimum atomic E-state index is 0.729. The van der Waals surface area contributed by atoms with E-state index >= 15 is 0 Å². The molecule has 54 valence electrons. The highest BCUT2D eigenvalue weighted by Gasteiger charge is 1.79. The maximum atomic E-state index is 10.0. The number of benzene rings is 1. The topological polar surface area (TPSA) is 57.5 Å².